The number of sulfone groups is 1. The molecule has 2 rings (SSSR count). The van der Waals surface area contributed by atoms with E-state index in [9.17, 15) is 8.42 Å². The van der Waals surface area contributed by atoms with Crippen LogP contribution in [0.2, 0.25) is 0 Å². The van der Waals surface area contributed by atoms with Crippen molar-refractivity contribution < 1.29 is 8.42 Å². The molecule has 1 aromatic rings. The second-order valence-corrected chi connectivity index (χ2v) is 6.35. The highest BCUT2D eigenvalue weighted by molar-refractivity contribution is 7.90. The first kappa shape index (κ1) is 11.3. The molecule has 1 saturated carbocycles. The van der Waals surface area contributed by atoms with Gasteiger partial charge in [-0.3, -0.25) is 0 Å². The van der Waals surface area contributed by atoms with Gasteiger partial charge >= 0.3 is 0 Å². The molecule has 1 aliphatic rings. The fraction of sp³-hybridized carbons (Fsp3) is 0.455. The quantitative estimate of drug-likeness (QED) is 0.808. The maximum absolute atomic E-state index is 11.3. The van der Waals surface area contributed by atoms with Crippen LogP contribution in [0.3, 0.4) is 0 Å². The third-order valence-corrected chi connectivity index (χ3v) is 4.01. The Morgan fingerprint density at radius 2 is 2.00 bits per heavy atom. The first-order valence-electron chi connectivity index (χ1n) is 5.22. The van der Waals surface area contributed by atoms with Crippen LogP contribution in [0.25, 0.3) is 0 Å². The van der Waals surface area contributed by atoms with Gasteiger partial charge in [0.1, 0.15) is 0 Å². The molecule has 16 heavy (non-hydrogen) atoms. The van der Waals surface area contributed by atoms with Crippen LogP contribution >= 0.6 is 0 Å². The SMILES string of the molecule is CN(c1ccc(S(C)(=O)=O)cc1N)C1CC1. The van der Waals surface area contributed by atoms with Crippen molar-refractivity contribution in [2.75, 3.05) is 23.9 Å². The van der Waals surface area contributed by atoms with Crippen molar-refractivity contribution in [3.63, 3.8) is 0 Å². The van der Waals surface area contributed by atoms with E-state index in [0.717, 1.165) is 5.69 Å². The molecular weight excluding hydrogens is 224 g/mol. The largest absolute Gasteiger partial charge is 0.397 e. The summed E-state index contributed by atoms with van der Waals surface area (Å²) in [6.45, 7) is 0. The molecule has 0 bridgehead atoms. The lowest BCUT2D eigenvalue weighted by Gasteiger charge is -2.20. The summed E-state index contributed by atoms with van der Waals surface area (Å²) in [5.41, 5.74) is 7.32. The molecule has 0 unspecified atom stereocenters. The number of nitrogen functional groups attached to an aromatic ring is 1. The van der Waals surface area contributed by atoms with Crippen LogP contribution in [0.5, 0.6) is 0 Å². The summed E-state index contributed by atoms with van der Waals surface area (Å²) in [5, 5.41) is 0. The number of hydrogen-bond acceptors (Lipinski definition) is 4. The van der Waals surface area contributed by atoms with Gasteiger partial charge in [-0.1, -0.05) is 0 Å². The van der Waals surface area contributed by atoms with Gasteiger partial charge in [0.25, 0.3) is 0 Å². The Hall–Kier alpha value is -1.23. The van der Waals surface area contributed by atoms with Crippen LogP contribution < -0.4 is 10.6 Å². The van der Waals surface area contributed by atoms with Crippen LogP contribution in [0, 0.1) is 0 Å². The molecule has 0 atom stereocenters. The molecule has 1 aromatic carbocycles. The molecule has 2 N–H and O–H groups in total. The van der Waals surface area contributed by atoms with Crippen molar-refractivity contribution in [3.05, 3.63) is 18.2 Å². The predicted octanol–water partition coefficient (Wildman–Crippen LogP) is 1.27. The Labute approximate surface area is 96.0 Å². The van der Waals surface area contributed by atoms with Gasteiger partial charge in [0.15, 0.2) is 9.84 Å². The van der Waals surface area contributed by atoms with Gasteiger partial charge in [-0.05, 0) is 31.0 Å². The van der Waals surface area contributed by atoms with E-state index in [4.69, 9.17) is 5.73 Å². The van der Waals surface area contributed by atoms with Gasteiger partial charge in [0.2, 0.25) is 0 Å². The van der Waals surface area contributed by atoms with Gasteiger partial charge in [-0.15, -0.1) is 0 Å². The molecule has 5 heteroatoms. The van der Waals surface area contributed by atoms with Crippen molar-refractivity contribution >= 4 is 21.2 Å². The molecule has 0 radical (unpaired) electrons. The van der Waals surface area contributed by atoms with Crippen molar-refractivity contribution in [1.82, 2.24) is 0 Å². The third-order valence-electron chi connectivity index (χ3n) is 2.90. The molecular formula is C11H16N2O2S. The van der Waals surface area contributed by atoms with Gasteiger partial charge in [0, 0.05) is 19.3 Å². The van der Waals surface area contributed by atoms with Crippen LogP contribution in [0.1, 0.15) is 12.8 Å². The first-order chi connectivity index (χ1) is 7.39. The monoisotopic (exact) mass is 240 g/mol. The number of rotatable bonds is 3. The van der Waals surface area contributed by atoms with Crippen LogP contribution in [0.15, 0.2) is 23.1 Å². The van der Waals surface area contributed by atoms with Gasteiger partial charge in [-0.2, -0.15) is 0 Å². The summed E-state index contributed by atoms with van der Waals surface area (Å²) in [6, 6.07) is 5.49. The van der Waals surface area contributed by atoms with E-state index >= 15 is 0 Å². The molecule has 0 saturated heterocycles. The highest BCUT2D eigenvalue weighted by atomic mass is 32.2. The van der Waals surface area contributed by atoms with Crippen LogP contribution in [0.4, 0.5) is 11.4 Å². The third kappa shape index (κ3) is 2.14. The standard InChI is InChI=1S/C11H16N2O2S/c1-13(8-3-4-8)11-6-5-9(7-10(11)12)16(2,14)15/h5-8H,3-4,12H2,1-2H3. The lowest BCUT2D eigenvalue weighted by atomic mass is 10.2. The number of anilines is 2. The Kier molecular flexibility index (Phi) is 2.58. The number of benzene rings is 1. The smallest absolute Gasteiger partial charge is 0.175 e. The molecule has 0 heterocycles. The molecule has 88 valence electrons. The molecule has 0 amide bonds. The molecule has 0 aromatic heterocycles. The Bertz CT molecular complexity index is 507. The highest BCUT2D eigenvalue weighted by Crippen LogP contribution is 2.34. The Morgan fingerprint density at radius 1 is 1.38 bits per heavy atom. The molecule has 1 fully saturated rings. The maximum atomic E-state index is 11.3. The van der Waals surface area contributed by atoms with Gasteiger partial charge in [-0.25, -0.2) is 8.42 Å². The molecule has 1 aliphatic carbocycles. The molecule has 0 spiro atoms. The number of nitrogens with zero attached hydrogens (tertiary/aromatic N) is 1. The first-order valence-corrected chi connectivity index (χ1v) is 7.11. The molecule has 4 nitrogen and oxygen atoms in total. The average Bonchev–Trinajstić information content (AvgIpc) is 2.98. The van der Waals surface area contributed by atoms with Crippen molar-refractivity contribution in [1.29, 1.82) is 0 Å². The van der Waals surface area contributed by atoms with E-state index < -0.39 is 9.84 Å². The van der Waals surface area contributed by atoms with Crippen molar-refractivity contribution in [2.24, 2.45) is 0 Å². The van der Waals surface area contributed by atoms with Gasteiger partial charge in [0.05, 0.1) is 16.3 Å². The van der Waals surface area contributed by atoms with E-state index in [2.05, 4.69) is 4.90 Å². The zero-order valence-corrected chi connectivity index (χ0v) is 10.3. The summed E-state index contributed by atoms with van der Waals surface area (Å²) in [4.78, 5) is 2.39. The van der Waals surface area contributed by atoms with E-state index in [0.29, 0.717) is 11.7 Å². The van der Waals surface area contributed by atoms with E-state index in [1.165, 1.54) is 25.2 Å². The van der Waals surface area contributed by atoms with Crippen molar-refractivity contribution in [2.45, 2.75) is 23.8 Å². The summed E-state index contributed by atoms with van der Waals surface area (Å²) in [5.74, 6) is 0. The van der Waals surface area contributed by atoms with Crippen molar-refractivity contribution in [3.8, 4) is 0 Å². The van der Waals surface area contributed by atoms with E-state index in [1.54, 1.807) is 12.1 Å². The second kappa shape index (κ2) is 3.66. The Balaban J connectivity index is 2.36. The minimum absolute atomic E-state index is 0.276. The summed E-state index contributed by atoms with van der Waals surface area (Å²) in [7, 11) is -1.18. The lowest BCUT2D eigenvalue weighted by molar-refractivity contribution is 0.602. The average molecular weight is 240 g/mol. The zero-order chi connectivity index (χ0) is 11.9. The van der Waals surface area contributed by atoms with Crippen LogP contribution in [-0.4, -0.2) is 27.8 Å². The molecule has 0 aliphatic heterocycles. The second-order valence-electron chi connectivity index (χ2n) is 4.33. The van der Waals surface area contributed by atoms with E-state index in [1.807, 2.05) is 7.05 Å². The van der Waals surface area contributed by atoms with E-state index in [-0.39, 0.29) is 4.90 Å². The number of hydrogen-bond donors (Lipinski definition) is 1. The van der Waals surface area contributed by atoms with Crippen LogP contribution in [-0.2, 0) is 9.84 Å². The predicted molar refractivity (Wildman–Crippen MR) is 65.4 cm³/mol. The minimum atomic E-state index is -3.17. The number of nitrogens with two attached hydrogens (primary N) is 1. The normalized spacial score (nSPS) is 16.1. The summed E-state index contributed by atoms with van der Waals surface area (Å²) in [6.07, 6.45) is 3.56. The maximum Gasteiger partial charge on any atom is 0.175 e. The van der Waals surface area contributed by atoms with Gasteiger partial charge < -0.3 is 10.6 Å². The fourth-order valence-corrected chi connectivity index (χ4v) is 2.40. The topological polar surface area (TPSA) is 63.4 Å². The highest BCUT2D eigenvalue weighted by Gasteiger charge is 2.27. The summed E-state index contributed by atoms with van der Waals surface area (Å²) < 4.78 is 22.7. The summed E-state index contributed by atoms with van der Waals surface area (Å²) >= 11 is 0. The zero-order valence-electron chi connectivity index (χ0n) is 9.47. The Morgan fingerprint density at radius 3 is 2.44 bits per heavy atom. The fourth-order valence-electron chi connectivity index (χ4n) is 1.74. The lowest BCUT2D eigenvalue weighted by Crippen LogP contribution is -2.20. The minimum Gasteiger partial charge on any atom is -0.397 e.